The Balaban J connectivity index is 1.54. The molecule has 6 heteroatoms. The first-order valence-electron chi connectivity index (χ1n) is 8.52. The fourth-order valence-corrected chi connectivity index (χ4v) is 2.97. The second kappa shape index (κ2) is 8.49. The van der Waals surface area contributed by atoms with E-state index in [2.05, 4.69) is 10.1 Å². The molecule has 26 heavy (non-hydrogen) atoms. The minimum absolute atomic E-state index is 0.101. The van der Waals surface area contributed by atoms with Crippen LogP contribution in [0.5, 0.6) is 0 Å². The average molecular weight is 353 g/mol. The normalized spacial score (nSPS) is 15.3. The van der Waals surface area contributed by atoms with E-state index in [0.717, 1.165) is 0 Å². The number of halogens is 1. The molecule has 0 aromatic heterocycles. The highest BCUT2D eigenvalue weighted by Crippen LogP contribution is 2.19. The van der Waals surface area contributed by atoms with Crippen LogP contribution in [-0.2, 0) is 11.3 Å². The van der Waals surface area contributed by atoms with Crippen molar-refractivity contribution in [3.05, 3.63) is 76.5 Å². The van der Waals surface area contributed by atoms with Crippen molar-refractivity contribution < 1.29 is 9.18 Å². The summed E-state index contributed by atoms with van der Waals surface area (Å²) < 4.78 is 13.7. The first-order chi connectivity index (χ1) is 12.7. The number of nitroso groups, excluding NO2 is 1. The largest absolute Gasteiger partial charge is 0.337 e. The SMILES string of the molecule is O=Nc1ccccc1/C=C/C(=O)N1CCN(Cc2ccccc2F)CC1. The third-order valence-corrected chi connectivity index (χ3v) is 4.48. The van der Waals surface area contributed by atoms with Crippen molar-refractivity contribution in [3.63, 3.8) is 0 Å². The van der Waals surface area contributed by atoms with Crippen LogP contribution in [0, 0.1) is 10.7 Å². The maximum absolute atomic E-state index is 13.7. The molecular weight excluding hydrogens is 333 g/mol. The predicted octanol–water partition coefficient (Wildman–Crippen LogP) is 3.58. The summed E-state index contributed by atoms with van der Waals surface area (Å²) >= 11 is 0. The molecule has 5 nitrogen and oxygen atoms in total. The first kappa shape index (κ1) is 17.9. The van der Waals surface area contributed by atoms with Crippen LogP contribution in [0.25, 0.3) is 6.08 Å². The number of carbonyl (C=O) groups is 1. The van der Waals surface area contributed by atoms with Gasteiger partial charge in [0, 0.05) is 49.9 Å². The predicted molar refractivity (Wildman–Crippen MR) is 99.2 cm³/mol. The fraction of sp³-hybridized carbons (Fsp3) is 0.250. The number of benzene rings is 2. The molecule has 1 heterocycles. The lowest BCUT2D eigenvalue weighted by Crippen LogP contribution is -2.47. The molecule has 2 aromatic rings. The first-order valence-corrected chi connectivity index (χ1v) is 8.52. The quantitative estimate of drug-likeness (QED) is 0.610. The van der Waals surface area contributed by atoms with E-state index < -0.39 is 0 Å². The maximum Gasteiger partial charge on any atom is 0.246 e. The maximum atomic E-state index is 13.7. The Labute approximate surface area is 151 Å². The number of hydrogen-bond donors (Lipinski definition) is 0. The van der Waals surface area contributed by atoms with Crippen molar-refractivity contribution in [3.8, 4) is 0 Å². The summed E-state index contributed by atoms with van der Waals surface area (Å²) in [6.45, 7) is 3.11. The molecule has 1 aliphatic heterocycles. The lowest BCUT2D eigenvalue weighted by molar-refractivity contribution is -0.127. The van der Waals surface area contributed by atoms with Gasteiger partial charge in [-0.15, -0.1) is 4.91 Å². The van der Waals surface area contributed by atoms with Crippen LogP contribution >= 0.6 is 0 Å². The highest BCUT2D eigenvalue weighted by atomic mass is 19.1. The molecule has 0 atom stereocenters. The Morgan fingerprint density at radius 3 is 2.46 bits per heavy atom. The molecule has 1 aliphatic rings. The molecule has 3 rings (SSSR count). The minimum atomic E-state index is -0.198. The van der Waals surface area contributed by atoms with Gasteiger partial charge >= 0.3 is 0 Å². The molecule has 0 bridgehead atoms. The molecular formula is C20H20FN3O2. The number of nitrogens with zero attached hydrogens (tertiary/aromatic N) is 3. The Bertz CT molecular complexity index is 814. The third-order valence-electron chi connectivity index (χ3n) is 4.48. The molecule has 0 N–H and O–H groups in total. The van der Waals surface area contributed by atoms with Crippen molar-refractivity contribution in [2.75, 3.05) is 26.2 Å². The minimum Gasteiger partial charge on any atom is -0.337 e. The van der Waals surface area contributed by atoms with E-state index in [1.54, 1.807) is 47.4 Å². The lowest BCUT2D eigenvalue weighted by atomic mass is 10.1. The summed E-state index contributed by atoms with van der Waals surface area (Å²) in [6, 6.07) is 13.6. The van der Waals surface area contributed by atoms with Gasteiger partial charge in [-0.2, -0.15) is 0 Å². The molecule has 0 radical (unpaired) electrons. The van der Waals surface area contributed by atoms with Crippen LogP contribution in [0.3, 0.4) is 0 Å². The standard InChI is InChI=1S/C20H20FN3O2/c21-18-7-3-1-6-17(18)15-23-11-13-24(14-12-23)20(25)10-9-16-5-2-4-8-19(16)22-26/h1-10H,11-15H2/b10-9+. The van der Waals surface area contributed by atoms with Gasteiger partial charge in [0.2, 0.25) is 5.91 Å². The van der Waals surface area contributed by atoms with E-state index in [4.69, 9.17) is 0 Å². The molecule has 0 unspecified atom stereocenters. The second-order valence-electron chi connectivity index (χ2n) is 6.18. The number of rotatable bonds is 5. The second-order valence-corrected chi connectivity index (χ2v) is 6.18. The summed E-state index contributed by atoms with van der Waals surface area (Å²) in [4.78, 5) is 27.0. The van der Waals surface area contributed by atoms with Crippen LogP contribution < -0.4 is 0 Å². The molecule has 0 spiro atoms. The Morgan fingerprint density at radius 2 is 1.73 bits per heavy atom. The number of piperazine rings is 1. The van der Waals surface area contributed by atoms with Gasteiger partial charge in [0.15, 0.2) is 0 Å². The molecule has 1 amide bonds. The summed E-state index contributed by atoms with van der Waals surface area (Å²) in [5.74, 6) is -0.298. The number of amides is 1. The van der Waals surface area contributed by atoms with Crippen LogP contribution in [0.1, 0.15) is 11.1 Å². The van der Waals surface area contributed by atoms with E-state index >= 15 is 0 Å². The average Bonchev–Trinajstić information content (AvgIpc) is 2.68. The lowest BCUT2D eigenvalue weighted by Gasteiger charge is -2.34. The zero-order valence-electron chi connectivity index (χ0n) is 14.3. The molecule has 0 saturated carbocycles. The van der Waals surface area contributed by atoms with Crippen molar-refractivity contribution in [1.82, 2.24) is 9.80 Å². The summed E-state index contributed by atoms with van der Waals surface area (Å²) in [5.41, 5.74) is 1.60. The van der Waals surface area contributed by atoms with E-state index in [1.165, 1.54) is 12.1 Å². The van der Waals surface area contributed by atoms with Gasteiger partial charge in [-0.3, -0.25) is 9.69 Å². The van der Waals surface area contributed by atoms with Crippen molar-refractivity contribution >= 4 is 17.7 Å². The Kier molecular flexibility index (Phi) is 5.86. The molecule has 2 aromatic carbocycles. The summed E-state index contributed by atoms with van der Waals surface area (Å²) in [5, 5.41) is 2.95. The van der Waals surface area contributed by atoms with Crippen molar-refractivity contribution in [2.45, 2.75) is 6.54 Å². The van der Waals surface area contributed by atoms with Gasteiger partial charge < -0.3 is 4.90 Å². The van der Waals surface area contributed by atoms with Gasteiger partial charge in [0.05, 0.1) is 0 Å². The zero-order valence-corrected chi connectivity index (χ0v) is 14.3. The van der Waals surface area contributed by atoms with E-state index in [0.29, 0.717) is 49.5 Å². The van der Waals surface area contributed by atoms with E-state index in [9.17, 15) is 14.1 Å². The summed E-state index contributed by atoms with van der Waals surface area (Å²) in [7, 11) is 0. The van der Waals surface area contributed by atoms with Gasteiger partial charge in [0.25, 0.3) is 0 Å². The van der Waals surface area contributed by atoms with Gasteiger partial charge in [0.1, 0.15) is 11.5 Å². The van der Waals surface area contributed by atoms with Crippen LogP contribution in [0.2, 0.25) is 0 Å². The van der Waals surface area contributed by atoms with Crippen LogP contribution in [-0.4, -0.2) is 41.9 Å². The highest BCUT2D eigenvalue weighted by Gasteiger charge is 2.20. The highest BCUT2D eigenvalue weighted by molar-refractivity contribution is 5.92. The van der Waals surface area contributed by atoms with Gasteiger partial charge in [-0.05, 0) is 23.4 Å². The number of hydrogen-bond acceptors (Lipinski definition) is 4. The van der Waals surface area contributed by atoms with Crippen LogP contribution in [0.15, 0.2) is 59.8 Å². The number of carbonyl (C=O) groups excluding carboxylic acids is 1. The summed E-state index contributed by atoms with van der Waals surface area (Å²) in [6.07, 6.45) is 3.08. The van der Waals surface area contributed by atoms with Crippen molar-refractivity contribution in [2.24, 2.45) is 5.18 Å². The monoisotopic (exact) mass is 353 g/mol. The molecule has 1 saturated heterocycles. The molecule has 134 valence electrons. The topological polar surface area (TPSA) is 53.0 Å². The van der Waals surface area contributed by atoms with E-state index in [1.807, 2.05) is 6.07 Å². The molecule has 1 fully saturated rings. The van der Waals surface area contributed by atoms with E-state index in [-0.39, 0.29) is 11.7 Å². The Morgan fingerprint density at radius 1 is 1.04 bits per heavy atom. The van der Waals surface area contributed by atoms with Crippen LogP contribution in [0.4, 0.5) is 10.1 Å². The fourth-order valence-electron chi connectivity index (χ4n) is 2.97. The third kappa shape index (κ3) is 4.40. The smallest absolute Gasteiger partial charge is 0.246 e. The molecule has 0 aliphatic carbocycles. The zero-order chi connectivity index (χ0) is 18.4. The van der Waals surface area contributed by atoms with Gasteiger partial charge in [-0.25, -0.2) is 4.39 Å². The van der Waals surface area contributed by atoms with Crippen molar-refractivity contribution in [1.29, 1.82) is 0 Å². The van der Waals surface area contributed by atoms with Gasteiger partial charge in [-0.1, -0.05) is 36.4 Å². The Hall–Kier alpha value is -2.86.